The van der Waals surface area contributed by atoms with Gasteiger partial charge >= 0.3 is 0 Å². The molecule has 0 unspecified atom stereocenters. The van der Waals surface area contributed by atoms with Crippen molar-refractivity contribution in [1.82, 2.24) is 0 Å². The maximum atomic E-state index is 10.7. The Hall–Kier alpha value is -0.340. The van der Waals surface area contributed by atoms with Crippen molar-refractivity contribution in [1.29, 1.82) is 0 Å². The van der Waals surface area contributed by atoms with E-state index in [4.69, 9.17) is 0 Å². The van der Waals surface area contributed by atoms with Crippen molar-refractivity contribution < 1.29 is 10.2 Å². The zero-order chi connectivity index (χ0) is 12.4. The van der Waals surface area contributed by atoms with E-state index in [9.17, 15) is 10.2 Å². The van der Waals surface area contributed by atoms with Crippen molar-refractivity contribution in [2.45, 2.75) is 52.6 Å². The number of hydrogen-bond acceptors (Lipinski definition) is 2. The highest BCUT2D eigenvalue weighted by molar-refractivity contribution is 5.35. The van der Waals surface area contributed by atoms with Gasteiger partial charge in [-0.1, -0.05) is 26.3 Å². The van der Waals surface area contributed by atoms with Gasteiger partial charge in [-0.3, -0.25) is 0 Å². The molecule has 2 N–H and O–H groups in total. The van der Waals surface area contributed by atoms with Crippen LogP contribution in [-0.4, -0.2) is 22.9 Å². The van der Waals surface area contributed by atoms with Gasteiger partial charge in [0.05, 0.1) is 12.7 Å². The van der Waals surface area contributed by atoms with E-state index in [1.54, 1.807) is 0 Å². The summed E-state index contributed by atoms with van der Waals surface area (Å²) < 4.78 is 0. The molecule has 2 fully saturated rings. The number of rotatable bonds is 1. The third-order valence-corrected chi connectivity index (χ3v) is 5.72. The fraction of sp³-hybridized carbons (Fsp3) is 0.867. The van der Waals surface area contributed by atoms with Crippen LogP contribution in [0.1, 0.15) is 46.5 Å². The van der Waals surface area contributed by atoms with Gasteiger partial charge in [-0.25, -0.2) is 0 Å². The average molecular weight is 236 g/mol. The average Bonchev–Trinajstić information content (AvgIpc) is 2.56. The van der Waals surface area contributed by atoms with E-state index in [2.05, 4.69) is 20.8 Å². The summed E-state index contributed by atoms with van der Waals surface area (Å²) in [6, 6.07) is 0. The molecule has 3 rings (SSSR count). The maximum Gasteiger partial charge on any atom is 0.0665 e. The molecule has 2 saturated carbocycles. The third kappa shape index (κ3) is 1.40. The molecule has 17 heavy (non-hydrogen) atoms. The summed E-state index contributed by atoms with van der Waals surface area (Å²) in [6.07, 6.45) is 4.23. The van der Waals surface area contributed by atoms with Crippen molar-refractivity contribution >= 4 is 0 Å². The molecule has 2 nitrogen and oxygen atoms in total. The smallest absolute Gasteiger partial charge is 0.0665 e. The highest BCUT2D eigenvalue weighted by atomic mass is 16.3. The number of fused-ring (bicyclic) bond motifs is 2. The van der Waals surface area contributed by atoms with Crippen LogP contribution in [0.2, 0.25) is 0 Å². The van der Waals surface area contributed by atoms with Crippen LogP contribution in [-0.2, 0) is 0 Å². The first kappa shape index (κ1) is 11.7. The Morgan fingerprint density at radius 1 is 1.29 bits per heavy atom. The summed E-state index contributed by atoms with van der Waals surface area (Å²) in [7, 11) is 0. The summed E-state index contributed by atoms with van der Waals surface area (Å²) in [5, 5.41) is 20.4. The van der Waals surface area contributed by atoms with E-state index in [0.29, 0.717) is 17.3 Å². The van der Waals surface area contributed by atoms with Gasteiger partial charge in [0.1, 0.15) is 0 Å². The third-order valence-electron chi connectivity index (χ3n) is 5.72. The van der Waals surface area contributed by atoms with Crippen LogP contribution in [0.5, 0.6) is 0 Å². The van der Waals surface area contributed by atoms with E-state index in [0.717, 1.165) is 25.7 Å². The van der Waals surface area contributed by atoms with Gasteiger partial charge in [-0.15, -0.1) is 0 Å². The van der Waals surface area contributed by atoms with E-state index >= 15 is 0 Å². The second-order valence-corrected chi connectivity index (χ2v) is 7.40. The minimum Gasteiger partial charge on any atom is -0.392 e. The summed E-state index contributed by atoms with van der Waals surface area (Å²) in [5.74, 6) is 0.761. The van der Waals surface area contributed by atoms with Gasteiger partial charge < -0.3 is 10.2 Å². The molecule has 0 aromatic rings. The van der Waals surface area contributed by atoms with Crippen molar-refractivity contribution in [3.63, 3.8) is 0 Å². The van der Waals surface area contributed by atoms with Crippen molar-refractivity contribution in [2.24, 2.45) is 22.7 Å². The molecule has 0 amide bonds. The molecule has 0 aromatic heterocycles. The second kappa shape index (κ2) is 3.36. The van der Waals surface area contributed by atoms with Gasteiger partial charge in [0.2, 0.25) is 0 Å². The highest BCUT2D eigenvalue weighted by Gasteiger charge is 2.58. The minimum absolute atomic E-state index is 0.0483. The Morgan fingerprint density at radius 2 is 2.00 bits per heavy atom. The Labute approximate surface area is 104 Å². The Balaban J connectivity index is 2.06. The summed E-state index contributed by atoms with van der Waals surface area (Å²) in [6.45, 7) is 6.98. The first-order valence-electron chi connectivity index (χ1n) is 6.90. The topological polar surface area (TPSA) is 40.5 Å². The molecule has 0 radical (unpaired) electrons. The first-order valence-corrected chi connectivity index (χ1v) is 6.90. The lowest BCUT2D eigenvalue weighted by molar-refractivity contribution is -0.0966. The lowest BCUT2D eigenvalue weighted by Gasteiger charge is -2.56. The standard InChI is InChI=1S/C15H24O2/c1-14(2)6-9-10(7-14)13(17)15(3)5-4-12(15)11(9)8-16/h10,12-13,16-17H,4-8H2,1-3H3/t10-,12-,13+,15-/m1/s1. The van der Waals surface area contributed by atoms with Crippen molar-refractivity contribution in [3.8, 4) is 0 Å². The van der Waals surface area contributed by atoms with Crippen molar-refractivity contribution in [3.05, 3.63) is 11.1 Å². The molecular formula is C15H24O2. The van der Waals surface area contributed by atoms with Crippen LogP contribution in [0.25, 0.3) is 0 Å². The SMILES string of the molecule is CC1(C)CC2=C(CO)[C@H]3CC[C@@]3(C)[C@@H](O)[C@@H]2C1. The van der Waals surface area contributed by atoms with E-state index in [-0.39, 0.29) is 18.1 Å². The molecule has 0 heterocycles. The number of aliphatic hydroxyl groups excluding tert-OH is 2. The molecule has 4 atom stereocenters. The molecule has 0 aromatic carbocycles. The van der Waals surface area contributed by atoms with E-state index < -0.39 is 0 Å². The predicted octanol–water partition coefficient (Wildman–Crippen LogP) is 2.50. The second-order valence-electron chi connectivity index (χ2n) is 7.40. The summed E-state index contributed by atoms with van der Waals surface area (Å²) in [5.41, 5.74) is 3.01. The van der Waals surface area contributed by atoms with E-state index in [1.807, 2.05) is 0 Å². The van der Waals surface area contributed by atoms with E-state index in [1.165, 1.54) is 11.1 Å². The van der Waals surface area contributed by atoms with Gasteiger partial charge in [0.25, 0.3) is 0 Å². The summed E-state index contributed by atoms with van der Waals surface area (Å²) in [4.78, 5) is 0. The van der Waals surface area contributed by atoms with Gasteiger partial charge in [-0.2, -0.15) is 0 Å². The maximum absolute atomic E-state index is 10.7. The van der Waals surface area contributed by atoms with Gasteiger partial charge in [-0.05, 0) is 42.6 Å². The molecule has 0 saturated heterocycles. The minimum atomic E-state index is -0.187. The highest BCUT2D eigenvalue weighted by Crippen LogP contribution is 2.63. The fourth-order valence-electron chi connectivity index (χ4n) is 4.66. The first-order chi connectivity index (χ1) is 7.89. The van der Waals surface area contributed by atoms with Crippen LogP contribution in [0.15, 0.2) is 11.1 Å². The Kier molecular flexibility index (Phi) is 2.32. The molecule has 0 spiro atoms. The predicted molar refractivity (Wildman–Crippen MR) is 67.5 cm³/mol. The molecule has 96 valence electrons. The summed E-state index contributed by atoms with van der Waals surface area (Å²) >= 11 is 0. The van der Waals surface area contributed by atoms with Crippen LogP contribution in [0.3, 0.4) is 0 Å². The Bertz CT molecular complexity index is 382. The zero-order valence-electron chi connectivity index (χ0n) is 11.2. The molecular weight excluding hydrogens is 212 g/mol. The normalized spacial score (nSPS) is 47.5. The fourth-order valence-corrected chi connectivity index (χ4v) is 4.66. The lowest BCUT2D eigenvalue weighted by Crippen LogP contribution is -2.54. The quantitative estimate of drug-likeness (QED) is 0.687. The van der Waals surface area contributed by atoms with Crippen molar-refractivity contribution in [2.75, 3.05) is 6.61 Å². The van der Waals surface area contributed by atoms with Crippen LogP contribution in [0, 0.1) is 22.7 Å². The molecule has 0 aliphatic heterocycles. The van der Waals surface area contributed by atoms with Crippen LogP contribution >= 0.6 is 0 Å². The van der Waals surface area contributed by atoms with Gasteiger partial charge in [0.15, 0.2) is 0 Å². The lowest BCUT2D eigenvalue weighted by atomic mass is 9.50. The number of aliphatic hydroxyl groups is 2. The molecule has 2 heteroatoms. The number of hydrogen-bond donors (Lipinski definition) is 2. The molecule has 3 aliphatic carbocycles. The van der Waals surface area contributed by atoms with Gasteiger partial charge in [0, 0.05) is 11.3 Å². The monoisotopic (exact) mass is 236 g/mol. The van der Waals surface area contributed by atoms with Crippen LogP contribution in [0.4, 0.5) is 0 Å². The molecule has 3 aliphatic rings. The van der Waals surface area contributed by atoms with Crippen LogP contribution < -0.4 is 0 Å². The zero-order valence-corrected chi connectivity index (χ0v) is 11.2. The molecule has 0 bridgehead atoms. The Morgan fingerprint density at radius 3 is 2.53 bits per heavy atom. The largest absolute Gasteiger partial charge is 0.392 e.